The van der Waals surface area contributed by atoms with Gasteiger partial charge in [0.25, 0.3) is 17.5 Å². The normalized spacial score (nSPS) is 10.6. The highest BCUT2D eigenvalue weighted by atomic mass is 16.6. The highest BCUT2D eigenvalue weighted by Crippen LogP contribution is 2.16. The lowest BCUT2D eigenvalue weighted by atomic mass is 10.2. The molecule has 0 fully saturated rings. The van der Waals surface area contributed by atoms with E-state index in [9.17, 15) is 19.7 Å². The summed E-state index contributed by atoms with van der Waals surface area (Å²) in [4.78, 5) is 39.2. The van der Waals surface area contributed by atoms with Gasteiger partial charge in [0, 0.05) is 35.7 Å². The molecule has 0 bridgehead atoms. The largest absolute Gasteiger partial charge is 0.487 e. The molecular formula is C23H19N5O5. The van der Waals surface area contributed by atoms with Crippen LogP contribution in [0.2, 0.25) is 0 Å². The lowest BCUT2D eigenvalue weighted by Gasteiger charge is -2.08. The maximum absolute atomic E-state index is 12.3. The summed E-state index contributed by atoms with van der Waals surface area (Å²) in [6.07, 6.45) is 3.82. The minimum absolute atomic E-state index is 0.0513. The van der Waals surface area contributed by atoms with Crippen LogP contribution in [0, 0.1) is 17.0 Å². The molecule has 0 aliphatic rings. The van der Waals surface area contributed by atoms with Crippen LogP contribution in [0.25, 0.3) is 5.65 Å². The first-order chi connectivity index (χ1) is 15.9. The van der Waals surface area contributed by atoms with E-state index in [4.69, 9.17) is 4.74 Å². The number of non-ortho nitro benzene ring substituents is 1. The predicted molar refractivity (Wildman–Crippen MR) is 119 cm³/mol. The quantitative estimate of drug-likeness (QED) is 0.346. The van der Waals surface area contributed by atoms with Gasteiger partial charge in [-0.1, -0.05) is 12.1 Å². The number of nitro groups is 1. The molecule has 2 heterocycles. The minimum atomic E-state index is -0.672. The first kappa shape index (κ1) is 21.5. The summed E-state index contributed by atoms with van der Waals surface area (Å²) in [6.45, 7) is 2.26. The third-order valence-electron chi connectivity index (χ3n) is 4.84. The van der Waals surface area contributed by atoms with E-state index in [1.165, 1.54) is 18.2 Å². The molecule has 4 aromatic rings. The topological polar surface area (TPSA) is 128 Å². The number of amides is 2. The van der Waals surface area contributed by atoms with E-state index in [2.05, 4.69) is 15.8 Å². The monoisotopic (exact) mass is 445 g/mol. The summed E-state index contributed by atoms with van der Waals surface area (Å²) in [7, 11) is 0. The third-order valence-corrected chi connectivity index (χ3v) is 4.84. The number of hydrogen-bond donors (Lipinski definition) is 2. The highest BCUT2D eigenvalue weighted by Gasteiger charge is 2.13. The number of fused-ring (bicyclic) bond motifs is 1. The summed E-state index contributed by atoms with van der Waals surface area (Å²) in [5.74, 6) is -0.660. The maximum atomic E-state index is 12.3. The molecule has 2 N–H and O–H groups in total. The molecule has 0 aliphatic heterocycles. The van der Waals surface area contributed by atoms with Crippen LogP contribution in [-0.2, 0) is 6.61 Å². The second kappa shape index (κ2) is 9.18. The Bertz CT molecular complexity index is 1350. The van der Waals surface area contributed by atoms with Crippen LogP contribution in [0.3, 0.4) is 0 Å². The van der Waals surface area contributed by atoms with Crippen LogP contribution in [0.15, 0.2) is 73.1 Å². The SMILES string of the molecule is Cc1cccn2cc(COc3ccc(C(=O)NNC(=O)c4cccc([N+](=O)[O-])c4)cc3)nc12. The molecule has 33 heavy (non-hydrogen) atoms. The molecule has 0 aliphatic carbocycles. The number of carbonyl (C=O) groups is 2. The fourth-order valence-corrected chi connectivity index (χ4v) is 3.15. The van der Waals surface area contributed by atoms with Crippen molar-refractivity contribution in [2.75, 3.05) is 0 Å². The number of hydrazine groups is 1. The number of aryl methyl sites for hydroxylation is 1. The van der Waals surface area contributed by atoms with Gasteiger partial charge >= 0.3 is 0 Å². The first-order valence-electron chi connectivity index (χ1n) is 9.92. The number of benzene rings is 2. The van der Waals surface area contributed by atoms with Gasteiger partial charge in [-0.15, -0.1) is 0 Å². The second-order valence-corrected chi connectivity index (χ2v) is 7.18. The lowest BCUT2D eigenvalue weighted by molar-refractivity contribution is -0.384. The Morgan fingerprint density at radius 1 is 1.03 bits per heavy atom. The van der Waals surface area contributed by atoms with Gasteiger partial charge in [0.1, 0.15) is 18.0 Å². The maximum Gasteiger partial charge on any atom is 0.270 e. The van der Waals surface area contributed by atoms with Gasteiger partial charge in [0.2, 0.25) is 0 Å². The van der Waals surface area contributed by atoms with E-state index < -0.39 is 16.7 Å². The fraction of sp³-hybridized carbons (Fsp3) is 0.0870. The van der Waals surface area contributed by atoms with Crippen molar-refractivity contribution >= 4 is 23.1 Å². The average molecular weight is 445 g/mol. The molecule has 0 atom stereocenters. The zero-order valence-corrected chi connectivity index (χ0v) is 17.5. The van der Waals surface area contributed by atoms with Gasteiger partial charge in [-0.2, -0.15) is 0 Å². The van der Waals surface area contributed by atoms with Crippen LogP contribution < -0.4 is 15.6 Å². The number of aromatic nitrogens is 2. The molecule has 0 unspecified atom stereocenters. The molecule has 0 radical (unpaired) electrons. The molecule has 166 valence electrons. The Morgan fingerprint density at radius 3 is 2.45 bits per heavy atom. The molecule has 2 aromatic carbocycles. The number of nitrogens with one attached hydrogen (secondary N) is 2. The van der Waals surface area contributed by atoms with Crippen molar-refractivity contribution in [3.63, 3.8) is 0 Å². The number of rotatable bonds is 6. The van der Waals surface area contributed by atoms with Gasteiger partial charge in [-0.3, -0.25) is 30.6 Å². The molecule has 0 spiro atoms. The highest BCUT2D eigenvalue weighted by molar-refractivity contribution is 5.99. The summed E-state index contributed by atoms with van der Waals surface area (Å²) in [5.41, 5.74) is 7.36. The van der Waals surface area contributed by atoms with E-state index in [-0.39, 0.29) is 17.9 Å². The van der Waals surface area contributed by atoms with Gasteiger partial charge in [0.05, 0.1) is 10.6 Å². The van der Waals surface area contributed by atoms with Crippen LogP contribution in [-0.4, -0.2) is 26.1 Å². The fourth-order valence-electron chi connectivity index (χ4n) is 3.15. The van der Waals surface area contributed by atoms with Crippen LogP contribution >= 0.6 is 0 Å². The standard InChI is InChI=1S/C23H19N5O5/c1-15-4-3-11-27-13-18(24-21(15)27)14-33-20-9-7-16(8-10-20)22(29)25-26-23(30)17-5-2-6-19(12-17)28(31)32/h2-13H,14H2,1H3,(H,25,29)(H,26,30). The van der Waals surface area contributed by atoms with Crippen molar-refractivity contribution in [2.24, 2.45) is 0 Å². The van der Waals surface area contributed by atoms with Crippen molar-refractivity contribution in [1.82, 2.24) is 20.2 Å². The van der Waals surface area contributed by atoms with Crippen molar-refractivity contribution < 1.29 is 19.2 Å². The zero-order valence-electron chi connectivity index (χ0n) is 17.5. The first-order valence-corrected chi connectivity index (χ1v) is 9.92. The number of nitrogens with zero attached hydrogens (tertiary/aromatic N) is 3. The summed E-state index contributed by atoms with van der Waals surface area (Å²) >= 11 is 0. The van der Waals surface area contributed by atoms with E-state index in [1.807, 2.05) is 35.9 Å². The van der Waals surface area contributed by atoms with Crippen LogP contribution in [0.4, 0.5) is 5.69 Å². The van der Waals surface area contributed by atoms with Crippen LogP contribution in [0.5, 0.6) is 5.75 Å². The molecule has 0 saturated heterocycles. The molecule has 0 saturated carbocycles. The Morgan fingerprint density at radius 2 is 1.76 bits per heavy atom. The zero-order chi connectivity index (χ0) is 23.4. The summed E-state index contributed by atoms with van der Waals surface area (Å²) in [5, 5.41) is 10.8. The molecule has 2 amide bonds. The molecule has 4 rings (SSSR count). The van der Waals surface area contributed by atoms with E-state index >= 15 is 0 Å². The van der Waals surface area contributed by atoms with E-state index in [1.54, 1.807) is 24.3 Å². The van der Waals surface area contributed by atoms with Gasteiger partial charge < -0.3 is 9.14 Å². The number of ether oxygens (including phenoxy) is 1. The van der Waals surface area contributed by atoms with Crippen molar-refractivity contribution in [3.05, 3.63) is 106 Å². The molecular weight excluding hydrogens is 426 g/mol. The third kappa shape index (κ3) is 4.96. The number of hydrogen-bond acceptors (Lipinski definition) is 6. The predicted octanol–water partition coefficient (Wildman–Crippen LogP) is 3.20. The van der Waals surface area contributed by atoms with Gasteiger partial charge in [-0.05, 0) is 48.9 Å². The Kier molecular flexibility index (Phi) is 5.98. The number of carbonyl (C=O) groups excluding carboxylic acids is 2. The summed E-state index contributed by atoms with van der Waals surface area (Å²) < 4.78 is 7.68. The van der Waals surface area contributed by atoms with E-state index in [0.29, 0.717) is 11.3 Å². The Balaban J connectivity index is 1.32. The van der Waals surface area contributed by atoms with Gasteiger partial charge in [-0.25, -0.2) is 4.98 Å². The Hall–Kier alpha value is -4.73. The number of imidazole rings is 1. The molecule has 10 heteroatoms. The van der Waals surface area contributed by atoms with E-state index in [0.717, 1.165) is 23.0 Å². The smallest absolute Gasteiger partial charge is 0.270 e. The number of pyridine rings is 1. The second-order valence-electron chi connectivity index (χ2n) is 7.18. The van der Waals surface area contributed by atoms with Gasteiger partial charge in [0.15, 0.2) is 0 Å². The summed E-state index contributed by atoms with van der Waals surface area (Å²) in [6, 6.07) is 15.5. The van der Waals surface area contributed by atoms with Crippen molar-refractivity contribution in [3.8, 4) is 5.75 Å². The van der Waals surface area contributed by atoms with Crippen molar-refractivity contribution in [1.29, 1.82) is 0 Å². The molecule has 2 aromatic heterocycles. The average Bonchev–Trinajstić information content (AvgIpc) is 3.26. The lowest BCUT2D eigenvalue weighted by Crippen LogP contribution is -2.41. The number of nitro benzene ring substituents is 1. The minimum Gasteiger partial charge on any atom is -0.487 e. The van der Waals surface area contributed by atoms with Crippen molar-refractivity contribution in [2.45, 2.75) is 13.5 Å². The molecule has 10 nitrogen and oxygen atoms in total. The van der Waals surface area contributed by atoms with Crippen LogP contribution in [0.1, 0.15) is 32.0 Å². The Labute approximate surface area is 188 Å².